The molecule has 0 saturated carbocycles. The first kappa shape index (κ1) is 35.0. The predicted octanol–water partition coefficient (Wildman–Crippen LogP) is 12.9. The van der Waals surface area contributed by atoms with Gasteiger partial charge in [0.15, 0.2) is 11.6 Å². The zero-order valence-electron chi connectivity index (χ0n) is 30.7. The summed E-state index contributed by atoms with van der Waals surface area (Å²) in [6, 6.07) is 36.5. The maximum Gasteiger partial charge on any atom is 0.166 e. The van der Waals surface area contributed by atoms with E-state index >= 15 is 17.6 Å². The maximum absolute atomic E-state index is 15.2. The van der Waals surface area contributed by atoms with Crippen LogP contribution in [0.5, 0.6) is 0 Å². The summed E-state index contributed by atoms with van der Waals surface area (Å²) in [4.78, 5) is 8.44. The van der Waals surface area contributed by atoms with Gasteiger partial charge < -0.3 is 0 Å². The number of fused-ring (bicyclic) bond motifs is 2. The lowest BCUT2D eigenvalue weighted by Gasteiger charge is -2.34. The first-order chi connectivity index (χ1) is 26.3. The summed E-state index contributed by atoms with van der Waals surface area (Å²) in [5, 5.41) is 0. The Bertz CT molecular complexity index is 2110. The van der Waals surface area contributed by atoms with E-state index in [4.69, 9.17) is 0 Å². The molecule has 0 aromatic heterocycles. The lowest BCUT2D eigenvalue weighted by Crippen LogP contribution is -2.33. The van der Waals surface area contributed by atoms with Crippen LogP contribution in [-0.2, 0) is 25.7 Å². The van der Waals surface area contributed by atoms with Gasteiger partial charge in [-0.2, -0.15) is 0 Å². The van der Waals surface area contributed by atoms with Gasteiger partial charge in [-0.05, 0) is 145 Å². The third kappa shape index (κ3) is 5.68. The van der Waals surface area contributed by atoms with Crippen LogP contribution in [-0.4, -0.2) is 0 Å². The standard InChI is InChI=1S/C46H40F4N4/c1-5-29-25-33(17-21-37(29)47)51-41-13-9-10-14-42(41)52(34-18-22-38(48)30(6-2)26-34)45(51)46-53(35-19-23-39(49)31(7-3)27-35)43-15-11-12-16-44(43)54(46)36-20-24-40(50)32(8-4)28-36/h9-28H,5-8H2,1-4H3. The number of aryl methyl sites for hydroxylation is 4. The van der Waals surface area contributed by atoms with E-state index in [0.29, 0.717) is 59.6 Å². The van der Waals surface area contributed by atoms with Crippen LogP contribution in [0, 0.1) is 23.3 Å². The lowest BCUT2D eigenvalue weighted by atomic mass is 10.1. The normalized spacial score (nSPS) is 13.6. The van der Waals surface area contributed by atoms with Gasteiger partial charge in [-0.1, -0.05) is 52.0 Å². The molecular weight excluding hydrogens is 685 g/mol. The smallest absolute Gasteiger partial charge is 0.166 e. The molecule has 0 saturated heterocycles. The van der Waals surface area contributed by atoms with Crippen LogP contribution in [0.25, 0.3) is 0 Å². The van der Waals surface area contributed by atoms with Crippen molar-refractivity contribution in [3.8, 4) is 0 Å². The first-order valence-electron chi connectivity index (χ1n) is 18.5. The van der Waals surface area contributed by atoms with Gasteiger partial charge in [0.2, 0.25) is 0 Å². The molecule has 272 valence electrons. The van der Waals surface area contributed by atoms with Crippen molar-refractivity contribution < 1.29 is 17.6 Å². The monoisotopic (exact) mass is 724 g/mol. The Balaban J connectivity index is 1.55. The van der Waals surface area contributed by atoms with Crippen molar-refractivity contribution in [2.45, 2.75) is 53.4 Å². The second-order valence-electron chi connectivity index (χ2n) is 13.5. The Morgan fingerprint density at radius 1 is 0.333 bits per heavy atom. The Labute approximate surface area is 313 Å². The van der Waals surface area contributed by atoms with Crippen LogP contribution < -0.4 is 19.6 Å². The summed E-state index contributed by atoms with van der Waals surface area (Å²) in [6.07, 6.45) is 1.93. The molecule has 0 bridgehead atoms. The van der Waals surface area contributed by atoms with Gasteiger partial charge in [0.25, 0.3) is 0 Å². The minimum atomic E-state index is -0.292. The van der Waals surface area contributed by atoms with E-state index in [9.17, 15) is 0 Å². The first-order valence-corrected chi connectivity index (χ1v) is 18.5. The van der Waals surface area contributed by atoms with Gasteiger partial charge in [0, 0.05) is 22.7 Å². The van der Waals surface area contributed by atoms with Gasteiger partial charge in [0.05, 0.1) is 22.7 Å². The number of anilines is 8. The number of hydrogen-bond acceptors (Lipinski definition) is 4. The quantitative estimate of drug-likeness (QED) is 0.145. The minimum absolute atomic E-state index is 0.292. The zero-order chi connectivity index (χ0) is 37.7. The van der Waals surface area contributed by atoms with E-state index in [0.717, 1.165) is 45.5 Å². The van der Waals surface area contributed by atoms with Crippen molar-refractivity contribution in [1.82, 2.24) is 0 Å². The molecule has 2 heterocycles. The van der Waals surface area contributed by atoms with E-state index in [1.54, 1.807) is 24.3 Å². The number of benzene rings is 6. The molecule has 0 radical (unpaired) electrons. The number of hydrogen-bond donors (Lipinski definition) is 0. The van der Waals surface area contributed by atoms with Crippen LogP contribution in [0.2, 0.25) is 0 Å². The van der Waals surface area contributed by atoms with Gasteiger partial charge >= 0.3 is 0 Å². The highest BCUT2D eigenvalue weighted by Gasteiger charge is 2.44. The summed E-state index contributed by atoms with van der Waals surface area (Å²) in [5.41, 5.74) is 8.44. The Kier molecular flexibility index (Phi) is 9.14. The highest BCUT2D eigenvalue weighted by molar-refractivity contribution is 6.00. The van der Waals surface area contributed by atoms with Crippen molar-refractivity contribution in [3.05, 3.63) is 178 Å². The SMILES string of the molecule is CCc1cc(N2C(=C3N(c4ccc(F)c(CC)c4)c4ccccc4N3c3ccc(F)c(CC)c3)N(c3ccc(F)c(CC)c3)c3ccccc32)ccc1F. The van der Waals surface area contributed by atoms with Gasteiger partial charge in [-0.3, -0.25) is 19.6 Å². The van der Waals surface area contributed by atoms with E-state index in [1.807, 2.05) is 100 Å². The average Bonchev–Trinajstić information content (AvgIpc) is 3.72. The third-order valence-corrected chi connectivity index (χ3v) is 10.4. The fourth-order valence-corrected chi connectivity index (χ4v) is 7.67. The molecule has 54 heavy (non-hydrogen) atoms. The number of nitrogens with zero attached hydrogens (tertiary/aromatic N) is 4. The van der Waals surface area contributed by atoms with E-state index in [2.05, 4.69) is 19.6 Å². The summed E-state index contributed by atoms with van der Waals surface area (Å²) in [5.74, 6) is 0.163. The molecule has 6 aromatic rings. The predicted molar refractivity (Wildman–Crippen MR) is 212 cm³/mol. The van der Waals surface area contributed by atoms with E-state index in [-0.39, 0.29) is 23.3 Å². The van der Waals surface area contributed by atoms with Crippen molar-refractivity contribution in [1.29, 1.82) is 0 Å². The maximum atomic E-state index is 15.2. The molecule has 0 unspecified atom stereocenters. The van der Waals surface area contributed by atoms with Crippen molar-refractivity contribution in [3.63, 3.8) is 0 Å². The lowest BCUT2D eigenvalue weighted by molar-refractivity contribution is 0.611. The van der Waals surface area contributed by atoms with Crippen LogP contribution >= 0.6 is 0 Å². The molecular formula is C46H40F4N4. The molecule has 0 N–H and O–H groups in total. The molecule has 0 spiro atoms. The minimum Gasteiger partial charge on any atom is -0.291 e. The number of rotatable bonds is 8. The van der Waals surface area contributed by atoms with E-state index in [1.165, 1.54) is 24.3 Å². The Morgan fingerprint density at radius 2 is 0.556 bits per heavy atom. The average molecular weight is 725 g/mol. The topological polar surface area (TPSA) is 13.0 Å². The molecule has 0 fully saturated rings. The molecule has 0 atom stereocenters. The molecule has 4 nitrogen and oxygen atoms in total. The second-order valence-corrected chi connectivity index (χ2v) is 13.5. The van der Waals surface area contributed by atoms with Gasteiger partial charge in [-0.15, -0.1) is 0 Å². The van der Waals surface area contributed by atoms with Crippen molar-refractivity contribution in [2.24, 2.45) is 0 Å². The molecule has 0 aliphatic carbocycles. The zero-order valence-corrected chi connectivity index (χ0v) is 30.7. The number of halogens is 4. The Morgan fingerprint density at radius 3 is 0.759 bits per heavy atom. The summed E-state index contributed by atoms with van der Waals surface area (Å²) in [7, 11) is 0. The Hall–Kier alpha value is -6.02. The van der Waals surface area contributed by atoms with Crippen LogP contribution in [0.15, 0.2) is 133 Å². The van der Waals surface area contributed by atoms with Crippen LogP contribution in [0.4, 0.5) is 63.1 Å². The fraction of sp³-hybridized carbons (Fsp3) is 0.174. The molecule has 6 aromatic carbocycles. The van der Waals surface area contributed by atoms with Crippen LogP contribution in [0.1, 0.15) is 49.9 Å². The van der Waals surface area contributed by atoms with Gasteiger partial charge in [-0.25, -0.2) is 17.6 Å². The van der Waals surface area contributed by atoms with Crippen molar-refractivity contribution in [2.75, 3.05) is 19.6 Å². The fourth-order valence-electron chi connectivity index (χ4n) is 7.67. The molecule has 2 aliphatic rings. The van der Waals surface area contributed by atoms with Crippen molar-refractivity contribution >= 4 is 45.5 Å². The highest BCUT2D eigenvalue weighted by atomic mass is 19.1. The second kappa shape index (κ2) is 14.1. The summed E-state index contributed by atoms with van der Waals surface area (Å²) in [6.45, 7) is 7.70. The third-order valence-electron chi connectivity index (χ3n) is 10.4. The number of para-hydroxylation sites is 4. The highest BCUT2D eigenvalue weighted by Crippen LogP contribution is 2.57. The molecule has 2 aliphatic heterocycles. The largest absolute Gasteiger partial charge is 0.291 e. The summed E-state index contributed by atoms with van der Waals surface area (Å²) >= 11 is 0. The van der Waals surface area contributed by atoms with Gasteiger partial charge in [0.1, 0.15) is 23.3 Å². The molecule has 8 heteroatoms. The molecule has 0 amide bonds. The van der Waals surface area contributed by atoms with Crippen LogP contribution in [0.3, 0.4) is 0 Å². The molecule has 8 rings (SSSR count). The van der Waals surface area contributed by atoms with E-state index < -0.39 is 0 Å². The summed E-state index contributed by atoms with van der Waals surface area (Å²) < 4.78 is 60.9.